The lowest BCUT2D eigenvalue weighted by atomic mass is 10.0. The van der Waals surface area contributed by atoms with Crippen LogP contribution < -0.4 is 5.32 Å². The van der Waals surface area contributed by atoms with E-state index in [2.05, 4.69) is 5.32 Å². The summed E-state index contributed by atoms with van der Waals surface area (Å²) in [5.41, 5.74) is 0.317. The third kappa shape index (κ3) is 3.19. The molecule has 1 aliphatic heterocycles. The van der Waals surface area contributed by atoms with Gasteiger partial charge in [0.2, 0.25) is 0 Å². The first kappa shape index (κ1) is 14.2. The van der Waals surface area contributed by atoms with E-state index in [1.165, 1.54) is 6.07 Å². The molecule has 0 aliphatic carbocycles. The normalized spacial score (nSPS) is 19.2. The van der Waals surface area contributed by atoms with Crippen molar-refractivity contribution >= 4 is 17.5 Å². The number of phenols is 1. The first-order valence-corrected chi connectivity index (χ1v) is 7.01. The number of nitrogens with one attached hydrogen (secondary N) is 1. The van der Waals surface area contributed by atoms with Crippen molar-refractivity contribution in [3.8, 4) is 5.75 Å². The van der Waals surface area contributed by atoms with Crippen molar-refractivity contribution in [3.63, 3.8) is 0 Å². The lowest BCUT2D eigenvalue weighted by Crippen LogP contribution is -2.48. The van der Waals surface area contributed by atoms with Crippen LogP contribution in [0.15, 0.2) is 18.2 Å². The van der Waals surface area contributed by atoms with Gasteiger partial charge >= 0.3 is 0 Å². The fraction of sp³-hybridized carbons (Fsp3) is 0.500. The van der Waals surface area contributed by atoms with Gasteiger partial charge in [0.05, 0.1) is 5.56 Å². The van der Waals surface area contributed by atoms with E-state index in [4.69, 9.17) is 11.6 Å². The van der Waals surface area contributed by atoms with Crippen LogP contribution in [0.25, 0.3) is 0 Å². The van der Waals surface area contributed by atoms with E-state index >= 15 is 0 Å². The van der Waals surface area contributed by atoms with Gasteiger partial charge in [0.15, 0.2) is 0 Å². The second kappa shape index (κ2) is 6.26. The average molecular weight is 283 g/mol. The number of hydrogen-bond acceptors (Lipinski definition) is 3. The quantitative estimate of drug-likeness (QED) is 0.894. The minimum atomic E-state index is -0.134. The van der Waals surface area contributed by atoms with Gasteiger partial charge in [0, 0.05) is 24.2 Å². The Hall–Kier alpha value is -1.26. The summed E-state index contributed by atoms with van der Waals surface area (Å²) in [5.74, 6) is -0.190. The maximum absolute atomic E-state index is 12.5. The molecule has 1 heterocycles. The van der Waals surface area contributed by atoms with Crippen molar-refractivity contribution in [2.24, 2.45) is 0 Å². The SMILES string of the molecule is CCN(C(=O)c1ccc(Cl)cc1O)C1CCCNC1. The van der Waals surface area contributed by atoms with Crippen LogP contribution in [0.1, 0.15) is 30.1 Å². The number of carbonyl (C=O) groups is 1. The van der Waals surface area contributed by atoms with Gasteiger partial charge in [0.1, 0.15) is 5.75 Å². The van der Waals surface area contributed by atoms with Crippen LogP contribution >= 0.6 is 11.6 Å². The van der Waals surface area contributed by atoms with Gasteiger partial charge < -0.3 is 15.3 Å². The van der Waals surface area contributed by atoms with Crippen LogP contribution in [-0.4, -0.2) is 41.6 Å². The molecule has 19 heavy (non-hydrogen) atoms. The minimum Gasteiger partial charge on any atom is -0.507 e. The zero-order valence-electron chi connectivity index (χ0n) is 11.0. The second-order valence-electron chi connectivity index (χ2n) is 4.75. The number of nitrogens with zero attached hydrogens (tertiary/aromatic N) is 1. The van der Waals surface area contributed by atoms with E-state index in [-0.39, 0.29) is 17.7 Å². The molecule has 104 valence electrons. The van der Waals surface area contributed by atoms with Gasteiger partial charge in [-0.3, -0.25) is 4.79 Å². The first-order valence-electron chi connectivity index (χ1n) is 6.63. The molecule has 0 saturated carbocycles. The van der Waals surface area contributed by atoms with Crippen LogP contribution in [0, 0.1) is 0 Å². The molecule has 1 amide bonds. The molecule has 2 rings (SSSR count). The lowest BCUT2D eigenvalue weighted by molar-refractivity contribution is 0.0659. The second-order valence-corrected chi connectivity index (χ2v) is 5.19. The summed E-state index contributed by atoms with van der Waals surface area (Å²) in [6, 6.07) is 4.81. The van der Waals surface area contributed by atoms with Crippen LogP contribution in [0.5, 0.6) is 5.75 Å². The van der Waals surface area contributed by atoms with Gasteiger partial charge in [-0.1, -0.05) is 11.6 Å². The van der Waals surface area contributed by atoms with E-state index < -0.39 is 0 Å². The number of aromatic hydroxyl groups is 1. The number of benzene rings is 1. The summed E-state index contributed by atoms with van der Waals surface area (Å²) in [7, 11) is 0. The Kier molecular flexibility index (Phi) is 4.66. The number of amides is 1. The Morgan fingerprint density at radius 2 is 2.37 bits per heavy atom. The Morgan fingerprint density at radius 1 is 1.58 bits per heavy atom. The van der Waals surface area contributed by atoms with E-state index in [0.717, 1.165) is 25.9 Å². The van der Waals surface area contributed by atoms with Crippen LogP contribution in [0.2, 0.25) is 5.02 Å². The van der Waals surface area contributed by atoms with Crippen molar-refractivity contribution in [1.29, 1.82) is 0 Å². The molecular formula is C14H19ClN2O2. The predicted octanol–water partition coefficient (Wildman–Crippen LogP) is 2.26. The highest BCUT2D eigenvalue weighted by Crippen LogP contribution is 2.24. The van der Waals surface area contributed by atoms with Crippen molar-refractivity contribution in [2.75, 3.05) is 19.6 Å². The maximum Gasteiger partial charge on any atom is 0.257 e. The van der Waals surface area contributed by atoms with Crippen LogP contribution in [0.3, 0.4) is 0 Å². The maximum atomic E-state index is 12.5. The van der Waals surface area contributed by atoms with Gasteiger partial charge in [-0.2, -0.15) is 0 Å². The molecule has 1 aromatic rings. The number of likely N-dealkylation sites (N-methyl/N-ethyl adjacent to an activating group) is 1. The highest BCUT2D eigenvalue weighted by molar-refractivity contribution is 6.30. The summed E-state index contributed by atoms with van der Waals surface area (Å²) in [6.07, 6.45) is 2.07. The molecule has 0 bridgehead atoms. The van der Waals surface area contributed by atoms with Crippen LogP contribution in [-0.2, 0) is 0 Å². The van der Waals surface area contributed by atoms with Gasteiger partial charge in [-0.25, -0.2) is 0 Å². The highest BCUT2D eigenvalue weighted by Gasteiger charge is 2.26. The molecule has 1 atom stereocenters. The molecule has 5 heteroatoms. The smallest absolute Gasteiger partial charge is 0.257 e. The fourth-order valence-electron chi connectivity index (χ4n) is 2.51. The molecule has 4 nitrogen and oxygen atoms in total. The summed E-state index contributed by atoms with van der Waals surface area (Å²) in [6.45, 7) is 4.41. The number of phenolic OH excluding ortho intramolecular Hbond substituents is 1. The third-order valence-corrected chi connectivity index (χ3v) is 3.74. The average Bonchev–Trinajstić information content (AvgIpc) is 2.40. The Labute approximate surface area is 118 Å². The topological polar surface area (TPSA) is 52.6 Å². The Balaban J connectivity index is 2.19. The molecule has 1 unspecified atom stereocenters. The van der Waals surface area contributed by atoms with Gasteiger partial charge in [-0.15, -0.1) is 0 Å². The van der Waals surface area contributed by atoms with Crippen molar-refractivity contribution in [2.45, 2.75) is 25.8 Å². The summed E-state index contributed by atoms with van der Waals surface area (Å²) < 4.78 is 0. The molecule has 1 aromatic carbocycles. The molecule has 0 radical (unpaired) electrons. The predicted molar refractivity (Wildman–Crippen MR) is 75.7 cm³/mol. The van der Waals surface area contributed by atoms with Crippen molar-refractivity contribution in [3.05, 3.63) is 28.8 Å². The van der Waals surface area contributed by atoms with Gasteiger partial charge in [0.25, 0.3) is 5.91 Å². The van der Waals surface area contributed by atoms with E-state index in [0.29, 0.717) is 17.1 Å². The van der Waals surface area contributed by atoms with Crippen LogP contribution in [0.4, 0.5) is 0 Å². The van der Waals surface area contributed by atoms with E-state index in [1.807, 2.05) is 11.8 Å². The molecule has 1 aliphatic rings. The zero-order chi connectivity index (χ0) is 13.8. The highest BCUT2D eigenvalue weighted by atomic mass is 35.5. The number of hydrogen-bond donors (Lipinski definition) is 2. The molecule has 1 saturated heterocycles. The van der Waals surface area contributed by atoms with E-state index in [9.17, 15) is 9.90 Å². The number of rotatable bonds is 3. The van der Waals surface area contributed by atoms with Gasteiger partial charge in [-0.05, 0) is 44.5 Å². The molecule has 0 aromatic heterocycles. The Bertz CT molecular complexity index is 459. The lowest BCUT2D eigenvalue weighted by Gasteiger charge is -2.34. The Morgan fingerprint density at radius 3 is 2.95 bits per heavy atom. The monoisotopic (exact) mass is 282 g/mol. The van der Waals surface area contributed by atoms with Crippen molar-refractivity contribution in [1.82, 2.24) is 10.2 Å². The molecule has 0 spiro atoms. The number of carbonyl (C=O) groups excluding carboxylic acids is 1. The number of halogens is 1. The number of piperidine rings is 1. The molecule has 1 fully saturated rings. The summed E-state index contributed by atoms with van der Waals surface area (Å²) >= 11 is 5.79. The largest absolute Gasteiger partial charge is 0.507 e. The summed E-state index contributed by atoms with van der Waals surface area (Å²) in [5, 5.41) is 13.6. The standard InChI is InChI=1S/C14H19ClN2O2/c1-2-17(11-4-3-7-16-9-11)14(19)12-6-5-10(15)8-13(12)18/h5-6,8,11,16,18H,2-4,7,9H2,1H3. The third-order valence-electron chi connectivity index (χ3n) is 3.50. The minimum absolute atomic E-state index is 0.0558. The molecule has 2 N–H and O–H groups in total. The molecular weight excluding hydrogens is 264 g/mol. The fourth-order valence-corrected chi connectivity index (χ4v) is 2.67. The zero-order valence-corrected chi connectivity index (χ0v) is 11.8. The van der Waals surface area contributed by atoms with Crippen molar-refractivity contribution < 1.29 is 9.90 Å². The summed E-state index contributed by atoms with van der Waals surface area (Å²) in [4.78, 5) is 14.3. The van der Waals surface area contributed by atoms with E-state index in [1.54, 1.807) is 12.1 Å². The first-order chi connectivity index (χ1) is 9.13.